The van der Waals surface area contributed by atoms with Crippen molar-refractivity contribution in [2.75, 3.05) is 20.2 Å². The zero-order chi connectivity index (χ0) is 24.8. The Hall–Kier alpha value is -2.46. The van der Waals surface area contributed by atoms with Crippen LogP contribution in [0.25, 0.3) is 0 Å². The van der Waals surface area contributed by atoms with Gasteiger partial charge in [-0.25, -0.2) is 13.2 Å². The molecule has 184 valence electrons. The highest BCUT2D eigenvalue weighted by Gasteiger charge is 2.33. The number of likely N-dealkylation sites (tertiary alicyclic amines) is 1. The summed E-state index contributed by atoms with van der Waals surface area (Å²) in [6, 6.07) is 4.76. The fraction of sp³-hybridized carbons (Fsp3) is 0.609. The number of ether oxygens (including phenoxy) is 1. The molecule has 1 saturated heterocycles. The zero-order valence-corrected chi connectivity index (χ0v) is 20.8. The van der Waals surface area contributed by atoms with E-state index in [-0.39, 0.29) is 28.5 Å². The standard InChI is InChI=1S/C23H35N3O6S/c1-15(2)14-20(23(29)32-5)24-21(27)18-10-12-26(13-11-18)22(28)17(4)25-33(30,31)19-8-6-16(3)7-9-19/h6-9,15,17-18,20,25H,10-14H2,1-5H3,(H,24,27)/t17-,20+/m0/s1. The Bertz CT molecular complexity index is 937. The second kappa shape index (κ2) is 11.6. The van der Waals surface area contributed by atoms with Crippen LogP contribution in [-0.4, -0.2) is 63.4 Å². The van der Waals surface area contributed by atoms with Gasteiger partial charge in [0.2, 0.25) is 21.8 Å². The van der Waals surface area contributed by atoms with Crippen LogP contribution in [0.5, 0.6) is 0 Å². The highest BCUT2D eigenvalue weighted by Crippen LogP contribution is 2.20. The first-order chi connectivity index (χ1) is 15.4. The van der Waals surface area contributed by atoms with Crippen LogP contribution in [0.4, 0.5) is 0 Å². The van der Waals surface area contributed by atoms with E-state index in [1.165, 1.54) is 26.2 Å². The van der Waals surface area contributed by atoms with Crippen LogP contribution in [0, 0.1) is 18.8 Å². The first kappa shape index (κ1) is 26.8. The molecule has 0 aromatic heterocycles. The maximum Gasteiger partial charge on any atom is 0.328 e. The minimum absolute atomic E-state index is 0.102. The second-order valence-electron chi connectivity index (χ2n) is 8.97. The van der Waals surface area contributed by atoms with E-state index < -0.39 is 28.1 Å². The maximum absolute atomic E-state index is 12.8. The molecule has 2 amide bonds. The maximum atomic E-state index is 12.8. The molecule has 0 spiro atoms. The summed E-state index contributed by atoms with van der Waals surface area (Å²) in [7, 11) is -2.53. The summed E-state index contributed by atoms with van der Waals surface area (Å²) in [5.74, 6) is -1.16. The van der Waals surface area contributed by atoms with Gasteiger partial charge in [-0.3, -0.25) is 9.59 Å². The van der Waals surface area contributed by atoms with E-state index in [4.69, 9.17) is 4.74 Å². The lowest BCUT2D eigenvalue weighted by atomic mass is 9.94. The molecule has 9 nitrogen and oxygen atoms in total. The van der Waals surface area contributed by atoms with Crippen LogP contribution < -0.4 is 10.0 Å². The first-order valence-electron chi connectivity index (χ1n) is 11.2. The van der Waals surface area contributed by atoms with Crippen molar-refractivity contribution in [3.8, 4) is 0 Å². The lowest BCUT2D eigenvalue weighted by Gasteiger charge is -2.33. The molecule has 10 heteroatoms. The zero-order valence-electron chi connectivity index (χ0n) is 20.0. The van der Waals surface area contributed by atoms with E-state index in [1.807, 2.05) is 20.8 Å². The van der Waals surface area contributed by atoms with Gasteiger partial charge >= 0.3 is 5.97 Å². The smallest absolute Gasteiger partial charge is 0.328 e. The summed E-state index contributed by atoms with van der Waals surface area (Å²) in [6.07, 6.45) is 1.35. The molecule has 0 saturated carbocycles. The third kappa shape index (κ3) is 7.53. The quantitative estimate of drug-likeness (QED) is 0.517. The van der Waals surface area contributed by atoms with E-state index >= 15 is 0 Å². The van der Waals surface area contributed by atoms with E-state index in [9.17, 15) is 22.8 Å². The van der Waals surface area contributed by atoms with Crippen molar-refractivity contribution in [1.29, 1.82) is 0 Å². The molecule has 1 aromatic rings. The predicted molar refractivity (Wildman–Crippen MR) is 124 cm³/mol. The summed E-state index contributed by atoms with van der Waals surface area (Å²) < 4.78 is 32.4. The molecule has 33 heavy (non-hydrogen) atoms. The van der Waals surface area contributed by atoms with Crippen molar-refractivity contribution in [2.45, 2.75) is 63.9 Å². The molecule has 0 aliphatic carbocycles. The summed E-state index contributed by atoms with van der Waals surface area (Å²) in [5, 5.41) is 2.78. The van der Waals surface area contributed by atoms with E-state index in [2.05, 4.69) is 10.0 Å². The third-order valence-electron chi connectivity index (χ3n) is 5.72. The molecule has 1 fully saturated rings. The number of hydrogen-bond acceptors (Lipinski definition) is 6. The topological polar surface area (TPSA) is 122 Å². The first-order valence-corrected chi connectivity index (χ1v) is 12.7. The summed E-state index contributed by atoms with van der Waals surface area (Å²) in [5.41, 5.74) is 0.937. The van der Waals surface area contributed by atoms with Crippen LogP contribution in [-0.2, 0) is 29.1 Å². The number of esters is 1. The number of rotatable bonds is 9. The van der Waals surface area contributed by atoms with E-state index in [0.29, 0.717) is 32.4 Å². The fourth-order valence-electron chi connectivity index (χ4n) is 3.82. The highest BCUT2D eigenvalue weighted by molar-refractivity contribution is 7.89. The highest BCUT2D eigenvalue weighted by atomic mass is 32.2. The number of nitrogens with zero attached hydrogens (tertiary/aromatic N) is 1. The van der Waals surface area contributed by atoms with Gasteiger partial charge in [0.15, 0.2) is 0 Å². The molecule has 1 aromatic carbocycles. The molecular formula is C23H35N3O6S. The Morgan fingerprint density at radius 1 is 1.09 bits per heavy atom. The van der Waals surface area contributed by atoms with Crippen molar-refractivity contribution in [3.63, 3.8) is 0 Å². The average Bonchev–Trinajstić information content (AvgIpc) is 2.77. The summed E-state index contributed by atoms with van der Waals surface area (Å²) in [4.78, 5) is 39.1. The van der Waals surface area contributed by atoms with E-state index in [1.54, 1.807) is 17.0 Å². The number of nitrogens with one attached hydrogen (secondary N) is 2. The Labute approximate surface area is 196 Å². The molecule has 1 heterocycles. The van der Waals surface area contributed by atoms with Gasteiger partial charge in [-0.1, -0.05) is 31.5 Å². The molecule has 0 radical (unpaired) electrons. The second-order valence-corrected chi connectivity index (χ2v) is 10.7. The largest absolute Gasteiger partial charge is 0.467 e. The summed E-state index contributed by atoms with van der Waals surface area (Å²) in [6.45, 7) is 7.96. The molecular weight excluding hydrogens is 446 g/mol. The van der Waals surface area contributed by atoms with Crippen LogP contribution in [0.15, 0.2) is 29.2 Å². The Morgan fingerprint density at radius 3 is 2.18 bits per heavy atom. The molecule has 0 unspecified atom stereocenters. The normalized spacial score (nSPS) is 16.8. The number of sulfonamides is 1. The van der Waals surface area contributed by atoms with Crippen LogP contribution >= 0.6 is 0 Å². The molecule has 1 aliphatic heterocycles. The van der Waals surface area contributed by atoms with Gasteiger partial charge in [0, 0.05) is 19.0 Å². The summed E-state index contributed by atoms with van der Waals surface area (Å²) >= 11 is 0. The predicted octanol–water partition coefficient (Wildman–Crippen LogP) is 1.60. The van der Waals surface area contributed by atoms with Crippen LogP contribution in [0.1, 0.15) is 45.6 Å². The van der Waals surface area contributed by atoms with Gasteiger partial charge in [-0.15, -0.1) is 0 Å². The van der Waals surface area contributed by atoms with Gasteiger partial charge in [0.05, 0.1) is 18.0 Å². The van der Waals surface area contributed by atoms with Crippen molar-refractivity contribution in [3.05, 3.63) is 29.8 Å². The average molecular weight is 482 g/mol. The van der Waals surface area contributed by atoms with Gasteiger partial charge in [0.25, 0.3) is 0 Å². The minimum Gasteiger partial charge on any atom is -0.467 e. The number of hydrogen-bond donors (Lipinski definition) is 2. The van der Waals surface area contributed by atoms with Crippen molar-refractivity contribution < 1.29 is 27.5 Å². The van der Waals surface area contributed by atoms with Crippen molar-refractivity contribution in [2.24, 2.45) is 11.8 Å². The Morgan fingerprint density at radius 2 is 1.67 bits per heavy atom. The Kier molecular flexibility index (Phi) is 9.42. The number of amides is 2. The SMILES string of the molecule is COC(=O)[C@@H](CC(C)C)NC(=O)C1CCN(C(=O)[C@H](C)NS(=O)(=O)c2ccc(C)cc2)CC1. The molecule has 0 bridgehead atoms. The van der Waals surface area contributed by atoms with Crippen LogP contribution in [0.2, 0.25) is 0 Å². The van der Waals surface area contributed by atoms with Crippen molar-refractivity contribution >= 4 is 27.8 Å². The number of piperidine rings is 1. The number of carbonyl (C=O) groups excluding carboxylic acids is 3. The van der Waals surface area contributed by atoms with Gasteiger partial charge in [-0.2, -0.15) is 4.72 Å². The lowest BCUT2D eigenvalue weighted by Crippen LogP contribution is -2.51. The monoisotopic (exact) mass is 481 g/mol. The number of methoxy groups -OCH3 is 1. The number of aryl methyl sites for hydroxylation is 1. The van der Waals surface area contributed by atoms with Gasteiger partial charge in [-0.05, 0) is 51.2 Å². The number of carbonyl (C=O) groups is 3. The molecule has 1 aliphatic rings. The lowest BCUT2D eigenvalue weighted by molar-refractivity contribution is -0.146. The number of benzene rings is 1. The minimum atomic E-state index is -3.82. The van der Waals surface area contributed by atoms with Gasteiger partial charge in [0.1, 0.15) is 6.04 Å². The van der Waals surface area contributed by atoms with Crippen molar-refractivity contribution in [1.82, 2.24) is 14.9 Å². The Balaban J connectivity index is 1.91. The fourth-order valence-corrected chi connectivity index (χ4v) is 5.02. The molecule has 2 N–H and O–H groups in total. The van der Waals surface area contributed by atoms with Crippen LogP contribution in [0.3, 0.4) is 0 Å². The molecule has 2 rings (SSSR count). The third-order valence-corrected chi connectivity index (χ3v) is 7.28. The van der Waals surface area contributed by atoms with Gasteiger partial charge < -0.3 is 15.0 Å². The van der Waals surface area contributed by atoms with E-state index in [0.717, 1.165) is 5.56 Å². The molecule has 2 atom stereocenters.